The summed E-state index contributed by atoms with van der Waals surface area (Å²) in [6.45, 7) is 3.50. The Labute approximate surface area is 181 Å². The van der Waals surface area contributed by atoms with Crippen molar-refractivity contribution in [3.05, 3.63) is 89.2 Å². The molecule has 0 saturated carbocycles. The van der Waals surface area contributed by atoms with Crippen LogP contribution in [0.3, 0.4) is 0 Å². The van der Waals surface area contributed by atoms with Crippen LogP contribution in [0.4, 0.5) is 10.1 Å². The molecule has 3 rings (SSSR count). The standard InChI is InChI=1S/C23H23FN2O4S/c1-15-4-13-21(31(28,29)26-19-9-11-20(30-3)12-10-19)14-22(15)23(27)25-16(2)17-5-7-18(24)8-6-17/h4-14,16,26H,1-3H3,(H,25,27). The summed E-state index contributed by atoms with van der Waals surface area (Å²) in [6.07, 6.45) is 0. The normalized spacial score (nSPS) is 12.1. The molecule has 1 amide bonds. The molecule has 0 aliphatic carbocycles. The number of hydrogen-bond donors (Lipinski definition) is 2. The molecule has 0 aliphatic rings. The number of methoxy groups -OCH3 is 1. The highest BCUT2D eigenvalue weighted by atomic mass is 32.2. The van der Waals surface area contributed by atoms with Crippen LogP contribution < -0.4 is 14.8 Å². The van der Waals surface area contributed by atoms with Gasteiger partial charge in [-0.05, 0) is 73.5 Å². The zero-order valence-corrected chi connectivity index (χ0v) is 18.2. The molecule has 0 bridgehead atoms. The van der Waals surface area contributed by atoms with Crippen LogP contribution in [-0.2, 0) is 10.0 Å². The number of rotatable bonds is 7. The highest BCUT2D eigenvalue weighted by molar-refractivity contribution is 7.92. The third-order valence-electron chi connectivity index (χ3n) is 4.82. The van der Waals surface area contributed by atoms with Gasteiger partial charge >= 0.3 is 0 Å². The molecule has 8 heteroatoms. The molecule has 3 aromatic rings. The van der Waals surface area contributed by atoms with Crippen LogP contribution in [0.15, 0.2) is 71.6 Å². The molecule has 1 unspecified atom stereocenters. The smallest absolute Gasteiger partial charge is 0.261 e. The van der Waals surface area contributed by atoms with Gasteiger partial charge in [0.15, 0.2) is 0 Å². The highest BCUT2D eigenvalue weighted by Crippen LogP contribution is 2.22. The van der Waals surface area contributed by atoms with Crippen molar-refractivity contribution >= 4 is 21.6 Å². The Hall–Kier alpha value is -3.39. The maximum atomic E-state index is 13.1. The molecule has 1 atom stereocenters. The summed E-state index contributed by atoms with van der Waals surface area (Å²) in [7, 11) is -2.38. The van der Waals surface area contributed by atoms with Crippen molar-refractivity contribution in [2.45, 2.75) is 24.8 Å². The summed E-state index contributed by atoms with van der Waals surface area (Å²) in [5.74, 6) is -0.177. The highest BCUT2D eigenvalue weighted by Gasteiger charge is 2.19. The Morgan fingerprint density at radius 3 is 2.26 bits per heavy atom. The van der Waals surface area contributed by atoms with Crippen molar-refractivity contribution < 1.29 is 22.3 Å². The Balaban J connectivity index is 1.81. The number of hydrogen-bond acceptors (Lipinski definition) is 4. The van der Waals surface area contributed by atoms with Gasteiger partial charge in [0.1, 0.15) is 11.6 Å². The molecule has 0 fully saturated rings. The van der Waals surface area contributed by atoms with E-state index < -0.39 is 15.9 Å². The molecule has 0 aliphatic heterocycles. The predicted octanol–water partition coefficient (Wildman–Crippen LogP) is 4.43. The fourth-order valence-corrected chi connectivity index (χ4v) is 4.08. The third-order valence-corrected chi connectivity index (χ3v) is 6.20. The van der Waals surface area contributed by atoms with Gasteiger partial charge in [0.05, 0.1) is 18.0 Å². The number of halogens is 1. The first-order valence-corrected chi connectivity index (χ1v) is 11.0. The minimum atomic E-state index is -3.90. The van der Waals surface area contributed by atoms with Crippen LogP contribution in [-0.4, -0.2) is 21.4 Å². The fourth-order valence-electron chi connectivity index (χ4n) is 3.00. The van der Waals surface area contributed by atoms with Gasteiger partial charge in [0.2, 0.25) is 0 Å². The molecule has 0 heterocycles. The molecule has 2 N–H and O–H groups in total. The lowest BCUT2D eigenvalue weighted by Gasteiger charge is -2.16. The minimum absolute atomic E-state index is 0.0338. The number of aryl methyl sites for hydroxylation is 1. The van der Waals surface area contributed by atoms with E-state index in [1.807, 2.05) is 0 Å². The largest absolute Gasteiger partial charge is 0.497 e. The molecular formula is C23H23FN2O4S. The summed E-state index contributed by atoms with van der Waals surface area (Å²) >= 11 is 0. The summed E-state index contributed by atoms with van der Waals surface area (Å²) in [6, 6.07) is 16.3. The number of amides is 1. The predicted molar refractivity (Wildman–Crippen MR) is 117 cm³/mol. The Kier molecular flexibility index (Phi) is 6.60. The second kappa shape index (κ2) is 9.18. The fraction of sp³-hybridized carbons (Fsp3) is 0.174. The number of anilines is 1. The van der Waals surface area contributed by atoms with Gasteiger partial charge < -0.3 is 10.1 Å². The Morgan fingerprint density at radius 1 is 1.00 bits per heavy atom. The topological polar surface area (TPSA) is 84.5 Å². The van der Waals surface area contributed by atoms with Crippen LogP contribution in [0.25, 0.3) is 0 Å². The van der Waals surface area contributed by atoms with Crippen molar-refractivity contribution in [2.24, 2.45) is 0 Å². The quantitative estimate of drug-likeness (QED) is 0.567. The SMILES string of the molecule is COc1ccc(NS(=O)(=O)c2ccc(C)c(C(=O)NC(C)c3ccc(F)cc3)c2)cc1. The summed E-state index contributed by atoms with van der Waals surface area (Å²) in [4.78, 5) is 12.8. The van der Waals surface area contributed by atoms with Crippen LogP contribution in [0.2, 0.25) is 0 Å². The van der Waals surface area contributed by atoms with E-state index in [1.165, 1.54) is 31.4 Å². The van der Waals surface area contributed by atoms with Crippen LogP contribution in [0.1, 0.15) is 34.5 Å². The second-order valence-corrected chi connectivity index (χ2v) is 8.74. The number of carbonyl (C=O) groups excluding carboxylic acids is 1. The van der Waals surface area contributed by atoms with Gasteiger partial charge in [-0.25, -0.2) is 12.8 Å². The summed E-state index contributed by atoms with van der Waals surface area (Å²) in [5, 5.41) is 2.82. The molecule has 0 radical (unpaired) electrons. The molecule has 6 nitrogen and oxygen atoms in total. The Morgan fingerprint density at radius 2 is 1.65 bits per heavy atom. The van der Waals surface area contributed by atoms with Crippen LogP contribution >= 0.6 is 0 Å². The summed E-state index contributed by atoms with van der Waals surface area (Å²) in [5.41, 5.74) is 1.98. The number of nitrogens with one attached hydrogen (secondary N) is 2. The third kappa shape index (κ3) is 5.40. The van der Waals surface area contributed by atoms with E-state index in [2.05, 4.69) is 10.0 Å². The van der Waals surface area contributed by atoms with E-state index in [1.54, 1.807) is 56.3 Å². The molecule has 0 aromatic heterocycles. The zero-order valence-electron chi connectivity index (χ0n) is 17.3. The lowest BCUT2D eigenvalue weighted by molar-refractivity contribution is 0.0939. The first-order valence-electron chi connectivity index (χ1n) is 9.53. The van der Waals surface area contributed by atoms with Gasteiger partial charge in [0, 0.05) is 11.3 Å². The van der Waals surface area contributed by atoms with Crippen molar-refractivity contribution in [3.63, 3.8) is 0 Å². The van der Waals surface area contributed by atoms with Gasteiger partial charge in [-0.15, -0.1) is 0 Å². The number of sulfonamides is 1. The molecule has 3 aromatic carbocycles. The van der Waals surface area contributed by atoms with Gasteiger partial charge in [-0.1, -0.05) is 18.2 Å². The molecular weight excluding hydrogens is 419 g/mol. The molecule has 31 heavy (non-hydrogen) atoms. The lowest BCUT2D eigenvalue weighted by atomic mass is 10.1. The van der Waals surface area contributed by atoms with Crippen molar-refractivity contribution in [1.29, 1.82) is 0 Å². The van der Waals surface area contributed by atoms with Crippen LogP contribution in [0, 0.1) is 12.7 Å². The van der Waals surface area contributed by atoms with E-state index in [0.717, 1.165) is 5.56 Å². The average molecular weight is 443 g/mol. The van der Waals surface area contributed by atoms with Crippen molar-refractivity contribution in [2.75, 3.05) is 11.8 Å². The number of carbonyl (C=O) groups is 1. The van der Waals surface area contributed by atoms with E-state index in [0.29, 0.717) is 17.0 Å². The summed E-state index contributed by atoms with van der Waals surface area (Å²) < 4.78 is 46.3. The van der Waals surface area contributed by atoms with E-state index in [4.69, 9.17) is 4.74 Å². The Bertz CT molecular complexity index is 1180. The molecule has 0 saturated heterocycles. The maximum Gasteiger partial charge on any atom is 0.261 e. The average Bonchev–Trinajstić information content (AvgIpc) is 2.74. The van der Waals surface area contributed by atoms with Crippen molar-refractivity contribution in [1.82, 2.24) is 5.32 Å². The number of benzene rings is 3. The van der Waals surface area contributed by atoms with Crippen LogP contribution in [0.5, 0.6) is 5.75 Å². The van der Waals surface area contributed by atoms with E-state index >= 15 is 0 Å². The van der Waals surface area contributed by atoms with Gasteiger partial charge in [0.25, 0.3) is 15.9 Å². The first-order chi connectivity index (χ1) is 14.7. The van der Waals surface area contributed by atoms with Crippen molar-refractivity contribution in [3.8, 4) is 5.75 Å². The van der Waals surface area contributed by atoms with E-state index in [-0.39, 0.29) is 22.3 Å². The lowest BCUT2D eigenvalue weighted by Crippen LogP contribution is -2.27. The minimum Gasteiger partial charge on any atom is -0.497 e. The zero-order chi connectivity index (χ0) is 22.6. The van der Waals surface area contributed by atoms with Gasteiger partial charge in [-0.2, -0.15) is 0 Å². The molecule has 162 valence electrons. The first kappa shape index (κ1) is 22.3. The second-order valence-electron chi connectivity index (χ2n) is 7.06. The number of ether oxygens (including phenoxy) is 1. The van der Waals surface area contributed by atoms with E-state index in [9.17, 15) is 17.6 Å². The monoisotopic (exact) mass is 442 g/mol. The van der Waals surface area contributed by atoms with Gasteiger partial charge in [-0.3, -0.25) is 9.52 Å². The maximum absolute atomic E-state index is 13.1. The molecule has 0 spiro atoms.